The minimum Gasteiger partial charge on any atom is -0.481 e. The van der Waals surface area contributed by atoms with Crippen molar-refractivity contribution in [2.75, 3.05) is 0 Å². The summed E-state index contributed by atoms with van der Waals surface area (Å²) in [6.45, 7) is 1.92. The lowest BCUT2D eigenvalue weighted by Gasteiger charge is -1.98. The predicted octanol–water partition coefficient (Wildman–Crippen LogP) is 0.788. The average Bonchev–Trinajstić information content (AvgIpc) is 1.82. The minimum absolute atomic E-state index is 0.212. The fraction of sp³-hybridized carbons (Fsp3) is 0.571. The van der Waals surface area contributed by atoms with Gasteiger partial charge in [-0.3, -0.25) is 4.79 Å². The molecule has 0 saturated carbocycles. The Labute approximate surface area is 60.0 Å². The van der Waals surface area contributed by atoms with Crippen molar-refractivity contribution >= 4 is 5.97 Å². The molecule has 0 radical (unpaired) electrons. The summed E-state index contributed by atoms with van der Waals surface area (Å²) in [6, 6.07) is 0. The largest absolute Gasteiger partial charge is 0.481 e. The van der Waals surface area contributed by atoms with E-state index in [1.54, 1.807) is 6.08 Å². The Bertz CT molecular complexity index is 129. The average molecular weight is 144 g/mol. The second-order valence-corrected chi connectivity index (χ2v) is 2.00. The van der Waals surface area contributed by atoms with E-state index in [0.717, 1.165) is 6.42 Å². The number of carboxylic acid groups (broad SMARTS) is 1. The molecule has 0 spiro atoms. The van der Waals surface area contributed by atoms with Gasteiger partial charge >= 0.3 is 5.97 Å². The molecule has 0 aromatic heterocycles. The number of rotatable bonds is 4. The van der Waals surface area contributed by atoms with Crippen LogP contribution in [0.15, 0.2) is 12.2 Å². The van der Waals surface area contributed by atoms with Crippen LogP contribution in [-0.2, 0) is 4.79 Å². The third-order valence-corrected chi connectivity index (χ3v) is 0.978. The Morgan fingerprint density at radius 1 is 1.70 bits per heavy atom. The number of aliphatic hydroxyl groups excluding tert-OH is 1. The van der Waals surface area contributed by atoms with Crippen LogP contribution in [0.5, 0.6) is 0 Å². The maximum atomic E-state index is 9.98. The van der Waals surface area contributed by atoms with E-state index < -0.39 is 12.1 Å². The lowest BCUT2D eigenvalue weighted by Crippen LogP contribution is -2.09. The maximum absolute atomic E-state index is 9.98. The van der Waals surface area contributed by atoms with Crippen molar-refractivity contribution in [3.63, 3.8) is 0 Å². The number of hydrogen-bond acceptors (Lipinski definition) is 2. The van der Waals surface area contributed by atoms with Crippen LogP contribution in [0.4, 0.5) is 0 Å². The molecular weight excluding hydrogens is 132 g/mol. The quantitative estimate of drug-likeness (QED) is 0.573. The molecule has 0 saturated heterocycles. The highest BCUT2D eigenvalue weighted by atomic mass is 16.4. The standard InChI is InChI=1S/C7H12O3/c1-2-3-4-6(8)5-7(9)10/h3-4,6,8H,2,5H2,1H3,(H,9,10)/b4-3+/t6-/m0/s1. The first-order valence-corrected chi connectivity index (χ1v) is 3.23. The van der Waals surface area contributed by atoms with Gasteiger partial charge in [-0.25, -0.2) is 0 Å². The number of carbonyl (C=O) groups is 1. The number of allylic oxidation sites excluding steroid dienone is 1. The van der Waals surface area contributed by atoms with E-state index in [1.165, 1.54) is 6.08 Å². The van der Waals surface area contributed by atoms with Gasteiger partial charge in [0.2, 0.25) is 0 Å². The number of hydrogen-bond donors (Lipinski definition) is 2. The van der Waals surface area contributed by atoms with Gasteiger partial charge in [-0.05, 0) is 6.42 Å². The normalized spacial score (nSPS) is 13.8. The summed E-state index contributed by atoms with van der Waals surface area (Å²) in [5, 5.41) is 17.1. The third kappa shape index (κ3) is 5.31. The molecule has 3 nitrogen and oxygen atoms in total. The van der Waals surface area contributed by atoms with Crippen LogP contribution in [0, 0.1) is 0 Å². The van der Waals surface area contributed by atoms with Crippen molar-refractivity contribution in [3.05, 3.63) is 12.2 Å². The second kappa shape index (κ2) is 4.99. The number of carboxylic acids is 1. The van der Waals surface area contributed by atoms with Gasteiger partial charge in [0.15, 0.2) is 0 Å². The van der Waals surface area contributed by atoms with Gasteiger partial charge in [0.05, 0.1) is 12.5 Å². The first-order valence-electron chi connectivity index (χ1n) is 3.23. The molecule has 0 amide bonds. The summed E-state index contributed by atoms with van der Waals surface area (Å²) in [7, 11) is 0. The van der Waals surface area contributed by atoms with Gasteiger partial charge in [-0.1, -0.05) is 19.1 Å². The lowest BCUT2D eigenvalue weighted by atomic mass is 10.2. The van der Waals surface area contributed by atoms with Crippen molar-refractivity contribution in [2.24, 2.45) is 0 Å². The summed E-state index contributed by atoms with van der Waals surface area (Å²) in [6.07, 6.45) is 3.01. The summed E-state index contributed by atoms with van der Waals surface area (Å²) in [5.74, 6) is -0.978. The highest BCUT2D eigenvalue weighted by Crippen LogP contribution is 1.94. The molecular formula is C7H12O3. The van der Waals surface area contributed by atoms with Gasteiger partial charge < -0.3 is 10.2 Å². The van der Waals surface area contributed by atoms with Crippen LogP contribution < -0.4 is 0 Å². The molecule has 0 unspecified atom stereocenters. The molecule has 0 rings (SSSR count). The van der Waals surface area contributed by atoms with E-state index in [0.29, 0.717) is 0 Å². The monoisotopic (exact) mass is 144 g/mol. The van der Waals surface area contributed by atoms with Gasteiger partial charge in [0.25, 0.3) is 0 Å². The van der Waals surface area contributed by atoms with E-state index in [2.05, 4.69) is 0 Å². The van der Waals surface area contributed by atoms with Gasteiger partial charge in [0, 0.05) is 0 Å². The maximum Gasteiger partial charge on any atom is 0.306 e. The molecule has 0 aromatic rings. The van der Waals surface area contributed by atoms with Crippen LogP contribution >= 0.6 is 0 Å². The molecule has 58 valence electrons. The molecule has 0 fully saturated rings. The summed E-state index contributed by atoms with van der Waals surface area (Å²) < 4.78 is 0. The van der Waals surface area contributed by atoms with E-state index in [1.807, 2.05) is 6.92 Å². The Morgan fingerprint density at radius 2 is 2.30 bits per heavy atom. The third-order valence-electron chi connectivity index (χ3n) is 0.978. The zero-order valence-corrected chi connectivity index (χ0v) is 5.95. The Balaban J connectivity index is 3.52. The van der Waals surface area contributed by atoms with Crippen molar-refractivity contribution < 1.29 is 15.0 Å². The first kappa shape index (κ1) is 9.17. The van der Waals surface area contributed by atoms with Gasteiger partial charge in [0.1, 0.15) is 0 Å². The molecule has 10 heavy (non-hydrogen) atoms. The van der Waals surface area contributed by atoms with E-state index in [4.69, 9.17) is 10.2 Å². The van der Waals surface area contributed by atoms with Crippen LogP contribution in [0.2, 0.25) is 0 Å². The number of aliphatic carboxylic acids is 1. The Hall–Kier alpha value is -0.830. The van der Waals surface area contributed by atoms with Crippen molar-refractivity contribution in [1.29, 1.82) is 0 Å². The van der Waals surface area contributed by atoms with Gasteiger partial charge in [-0.15, -0.1) is 0 Å². The lowest BCUT2D eigenvalue weighted by molar-refractivity contribution is -0.138. The summed E-state index contributed by atoms with van der Waals surface area (Å²) in [5.41, 5.74) is 0. The van der Waals surface area contributed by atoms with Crippen LogP contribution in [0.1, 0.15) is 19.8 Å². The van der Waals surface area contributed by atoms with Gasteiger partial charge in [-0.2, -0.15) is 0 Å². The van der Waals surface area contributed by atoms with Crippen LogP contribution in [-0.4, -0.2) is 22.3 Å². The topological polar surface area (TPSA) is 57.5 Å². The zero-order valence-electron chi connectivity index (χ0n) is 5.95. The molecule has 2 N–H and O–H groups in total. The fourth-order valence-electron chi connectivity index (χ4n) is 0.540. The number of aliphatic hydroxyl groups is 1. The molecule has 1 atom stereocenters. The molecule has 0 aliphatic rings. The molecule has 0 bridgehead atoms. The summed E-state index contributed by atoms with van der Waals surface area (Å²) in [4.78, 5) is 9.98. The predicted molar refractivity (Wildman–Crippen MR) is 37.7 cm³/mol. The Kier molecular flexibility index (Phi) is 4.58. The zero-order chi connectivity index (χ0) is 7.98. The van der Waals surface area contributed by atoms with E-state index in [-0.39, 0.29) is 6.42 Å². The van der Waals surface area contributed by atoms with Crippen LogP contribution in [0.3, 0.4) is 0 Å². The second-order valence-electron chi connectivity index (χ2n) is 2.00. The Morgan fingerprint density at radius 3 is 2.70 bits per heavy atom. The fourth-order valence-corrected chi connectivity index (χ4v) is 0.540. The minimum atomic E-state index is -0.978. The molecule has 0 aromatic carbocycles. The SMILES string of the molecule is CC/C=C/[C@H](O)CC(=O)O. The van der Waals surface area contributed by atoms with Crippen molar-refractivity contribution in [3.8, 4) is 0 Å². The molecule has 3 heteroatoms. The highest BCUT2D eigenvalue weighted by Gasteiger charge is 2.03. The molecule has 0 heterocycles. The van der Waals surface area contributed by atoms with E-state index >= 15 is 0 Å². The first-order chi connectivity index (χ1) is 4.66. The van der Waals surface area contributed by atoms with Crippen molar-refractivity contribution in [1.82, 2.24) is 0 Å². The molecule has 0 aliphatic carbocycles. The smallest absolute Gasteiger partial charge is 0.306 e. The molecule has 0 aliphatic heterocycles. The van der Waals surface area contributed by atoms with E-state index in [9.17, 15) is 4.79 Å². The highest BCUT2D eigenvalue weighted by molar-refractivity contribution is 5.67. The van der Waals surface area contributed by atoms with Crippen LogP contribution in [0.25, 0.3) is 0 Å². The summed E-state index contributed by atoms with van der Waals surface area (Å²) >= 11 is 0. The van der Waals surface area contributed by atoms with Crippen molar-refractivity contribution in [2.45, 2.75) is 25.9 Å².